The minimum atomic E-state index is -0.225. The topological polar surface area (TPSA) is 41.1 Å². The molecule has 106 valence electrons. The molecule has 1 aromatic rings. The van der Waals surface area contributed by atoms with E-state index in [1.807, 2.05) is 6.07 Å². The molecule has 2 rings (SSSR count). The summed E-state index contributed by atoms with van der Waals surface area (Å²) < 4.78 is 12.9. The van der Waals surface area contributed by atoms with Gasteiger partial charge in [0.25, 0.3) is 0 Å². The van der Waals surface area contributed by atoms with Crippen LogP contribution in [0, 0.1) is 11.7 Å². The fourth-order valence-electron chi connectivity index (χ4n) is 2.25. The third-order valence-corrected chi connectivity index (χ3v) is 3.31. The molecule has 0 radical (unpaired) electrons. The highest BCUT2D eigenvalue weighted by Gasteiger charge is 2.20. The predicted molar refractivity (Wildman–Crippen MR) is 76.0 cm³/mol. The van der Waals surface area contributed by atoms with Crippen LogP contribution in [0.15, 0.2) is 24.3 Å². The number of carbonyl (C=O) groups excluding carboxylic acids is 1. The van der Waals surface area contributed by atoms with Gasteiger partial charge in [0.05, 0.1) is 0 Å². The summed E-state index contributed by atoms with van der Waals surface area (Å²) in [6.45, 7) is 2.41. The average Bonchev–Trinajstić information content (AvgIpc) is 2.40. The third-order valence-electron chi connectivity index (χ3n) is 3.31. The predicted octanol–water partition coefficient (Wildman–Crippen LogP) is 1.91. The van der Waals surface area contributed by atoms with Crippen molar-refractivity contribution in [1.82, 2.24) is 10.6 Å². The Labute approximate surface area is 119 Å². The van der Waals surface area contributed by atoms with Gasteiger partial charge in [-0.05, 0) is 50.0 Å². The van der Waals surface area contributed by atoms with Crippen molar-refractivity contribution in [2.24, 2.45) is 5.92 Å². The van der Waals surface area contributed by atoms with E-state index in [1.165, 1.54) is 12.1 Å². The number of nitrogens with one attached hydrogen (secondary N) is 2. The molecule has 0 bridgehead atoms. The van der Waals surface area contributed by atoms with Gasteiger partial charge in [0.15, 0.2) is 0 Å². The van der Waals surface area contributed by atoms with Gasteiger partial charge in [-0.2, -0.15) is 0 Å². The molecule has 3 nitrogen and oxygen atoms in total. The Balaban J connectivity index is 0.00000180. The first-order chi connectivity index (χ1) is 8.75. The van der Waals surface area contributed by atoms with Crippen LogP contribution < -0.4 is 10.6 Å². The van der Waals surface area contributed by atoms with Crippen molar-refractivity contribution >= 4 is 18.3 Å². The zero-order valence-electron chi connectivity index (χ0n) is 10.8. The van der Waals surface area contributed by atoms with E-state index < -0.39 is 0 Å². The molecule has 0 spiro atoms. The van der Waals surface area contributed by atoms with Crippen LogP contribution in [0.25, 0.3) is 0 Å². The van der Waals surface area contributed by atoms with Gasteiger partial charge in [-0.15, -0.1) is 12.4 Å². The second-order valence-electron chi connectivity index (χ2n) is 4.70. The molecule has 1 aromatic carbocycles. The number of halogens is 2. The monoisotopic (exact) mass is 286 g/mol. The molecular weight excluding hydrogens is 267 g/mol. The van der Waals surface area contributed by atoms with E-state index in [2.05, 4.69) is 10.6 Å². The minimum Gasteiger partial charge on any atom is -0.356 e. The fraction of sp³-hybridized carbons (Fsp3) is 0.500. The maximum absolute atomic E-state index is 12.9. The molecule has 1 heterocycles. The summed E-state index contributed by atoms with van der Waals surface area (Å²) >= 11 is 0. The number of hydrogen-bond donors (Lipinski definition) is 2. The first-order valence-corrected chi connectivity index (χ1v) is 6.48. The molecule has 0 unspecified atom stereocenters. The zero-order chi connectivity index (χ0) is 12.8. The summed E-state index contributed by atoms with van der Waals surface area (Å²) in [6.07, 6.45) is 2.49. The van der Waals surface area contributed by atoms with Gasteiger partial charge in [0, 0.05) is 12.5 Å². The molecule has 1 aliphatic heterocycles. The maximum Gasteiger partial charge on any atom is 0.223 e. The number of rotatable bonds is 4. The van der Waals surface area contributed by atoms with Crippen LogP contribution >= 0.6 is 12.4 Å². The molecule has 5 heteroatoms. The minimum absolute atomic E-state index is 0. The molecule has 1 fully saturated rings. The molecule has 0 saturated carbocycles. The van der Waals surface area contributed by atoms with Gasteiger partial charge in [-0.25, -0.2) is 4.39 Å². The molecule has 19 heavy (non-hydrogen) atoms. The van der Waals surface area contributed by atoms with E-state index in [-0.39, 0.29) is 30.0 Å². The smallest absolute Gasteiger partial charge is 0.223 e. The Morgan fingerprint density at radius 2 is 2.11 bits per heavy atom. The largest absolute Gasteiger partial charge is 0.356 e. The summed E-state index contributed by atoms with van der Waals surface area (Å²) in [5, 5.41) is 6.17. The first-order valence-electron chi connectivity index (χ1n) is 6.48. The highest BCUT2D eigenvalue weighted by molar-refractivity contribution is 5.85. The summed E-state index contributed by atoms with van der Waals surface area (Å²) in [6, 6.07) is 6.51. The first kappa shape index (κ1) is 15.9. The Morgan fingerprint density at radius 1 is 1.37 bits per heavy atom. The number of carbonyl (C=O) groups is 1. The van der Waals surface area contributed by atoms with Crippen molar-refractivity contribution in [3.05, 3.63) is 35.6 Å². The van der Waals surface area contributed by atoms with Gasteiger partial charge in [0.2, 0.25) is 5.91 Å². The molecule has 0 atom stereocenters. The zero-order valence-corrected chi connectivity index (χ0v) is 11.6. The van der Waals surface area contributed by atoms with Crippen molar-refractivity contribution in [2.75, 3.05) is 19.6 Å². The summed E-state index contributed by atoms with van der Waals surface area (Å²) in [5.74, 6) is 0.0452. The quantitative estimate of drug-likeness (QED) is 0.888. The summed E-state index contributed by atoms with van der Waals surface area (Å²) in [7, 11) is 0. The lowest BCUT2D eigenvalue weighted by Gasteiger charge is -2.21. The number of piperidine rings is 1. The van der Waals surface area contributed by atoms with Crippen LogP contribution in [-0.4, -0.2) is 25.5 Å². The van der Waals surface area contributed by atoms with Gasteiger partial charge < -0.3 is 10.6 Å². The fourth-order valence-corrected chi connectivity index (χ4v) is 2.25. The highest BCUT2D eigenvalue weighted by Crippen LogP contribution is 2.11. The number of benzene rings is 1. The summed E-state index contributed by atoms with van der Waals surface area (Å²) in [5.41, 5.74) is 0.917. The standard InChI is InChI=1S/C14H19FN2O.ClH/c15-13-3-1-2-11(10-13)4-9-17-14(18)12-5-7-16-8-6-12;/h1-3,10,12,16H,4-9H2,(H,17,18);1H. The molecule has 1 saturated heterocycles. The van der Waals surface area contributed by atoms with Gasteiger partial charge >= 0.3 is 0 Å². The lowest BCUT2D eigenvalue weighted by Crippen LogP contribution is -2.38. The van der Waals surface area contributed by atoms with Crippen molar-refractivity contribution in [1.29, 1.82) is 0 Å². The van der Waals surface area contributed by atoms with Crippen molar-refractivity contribution in [2.45, 2.75) is 19.3 Å². The van der Waals surface area contributed by atoms with Crippen molar-refractivity contribution in [3.8, 4) is 0 Å². The SMILES string of the molecule is Cl.O=C(NCCc1cccc(F)c1)C1CCNCC1. The number of hydrogen-bond acceptors (Lipinski definition) is 2. The molecule has 2 N–H and O–H groups in total. The molecule has 1 amide bonds. The van der Waals surface area contributed by atoms with Crippen LogP contribution in [0.1, 0.15) is 18.4 Å². The lowest BCUT2D eigenvalue weighted by molar-refractivity contribution is -0.125. The second-order valence-corrected chi connectivity index (χ2v) is 4.70. The average molecular weight is 287 g/mol. The second kappa shape index (κ2) is 8.12. The van der Waals surface area contributed by atoms with Crippen LogP contribution in [0.3, 0.4) is 0 Å². The highest BCUT2D eigenvalue weighted by atomic mass is 35.5. The van der Waals surface area contributed by atoms with E-state index in [0.29, 0.717) is 13.0 Å². The van der Waals surface area contributed by atoms with Gasteiger partial charge in [-0.1, -0.05) is 12.1 Å². The Hall–Kier alpha value is -1.13. The molecule has 0 aromatic heterocycles. The van der Waals surface area contributed by atoms with E-state index in [0.717, 1.165) is 31.5 Å². The van der Waals surface area contributed by atoms with Crippen LogP contribution in [-0.2, 0) is 11.2 Å². The van der Waals surface area contributed by atoms with Crippen LogP contribution in [0.2, 0.25) is 0 Å². The van der Waals surface area contributed by atoms with Crippen LogP contribution in [0.4, 0.5) is 4.39 Å². The van der Waals surface area contributed by atoms with E-state index in [4.69, 9.17) is 0 Å². The Morgan fingerprint density at radius 3 is 2.79 bits per heavy atom. The number of amides is 1. The molecule has 0 aliphatic carbocycles. The van der Waals surface area contributed by atoms with Crippen LogP contribution in [0.5, 0.6) is 0 Å². The lowest BCUT2D eigenvalue weighted by atomic mass is 9.97. The van der Waals surface area contributed by atoms with E-state index in [9.17, 15) is 9.18 Å². The van der Waals surface area contributed by atoms with Gasteiger partial charge in [-0.3, -0.25) is 4.79 Å². The third kappa shape index (κ3) is 5.17. The Bertz CT molecular complexity index is 408. The van der Waals surface area contributed by atoms with Gasteiger partial charge in [0.1, 0.15) is 5.82 Å². The van der Waals surface area contributed by atoms with Crippen molar-refractivity contribution < 1.29 is 9.18 Å². The Kier molecular flexibility index (Phi) is 6.81. The molecule has 1 aliphatic rings. The molecular formula is C14H20ClFN2O. The van der Waals surface area contributed by atoms with E-state index >= 15 is 0 Å². The van der Waals surface area contributed by atoms with Crippen molar-refractivity contribution in [3.63, 3.8) is 0 Å². The normalized spacial score (nSPS) is 15.6. The van der Waals surface area contributed by atoms with E-state index in [1.54, 1.807) is 6.07 Å². The summed E-state index contributed by atoms with van der Waals surface area (Å²) in [4.78, 5) is 11.8. The maximum atomic E-state index is 12.9.